The molecule has 2 heteroatoms. The Hall–Kier alpha value is -2.14. The molecule has 2 aromatic rings. The predicted molar refractivity (Wildman–Crippen MR) is 65.9 cm³/mol. The standard InChI is InChI=1S/C15H12FN/c1-11-9-12(7-8-17)5-6-15(11)13-3-2-4-14(16)10-13/h2-6,9-10H,7H2,1H3. The van der Waals surface area contributed by atoms with Gasteiger partial charge in [-0.1, -0.05) is 30.3 Å². The van der Waals surface area contributed by atoms with Gasteiger partial charge in [0.2, 0.25) is 0 Å². The summed E-state index contributed by atoms with van der Waals surface area (Å²) in [5.41, 5.74) is 3.92. The van der Waals surface area contributed by atoms with Crippen LogP contribution in [0.4, 0.5) is 4.39 Å². The molecule has 0 unspecified atom stereocenters. The van der Waals surface area contributed by atoms with Gasteiger partial charge in [-0.05, 0) is 41.3 Å². The van der Waals surface area contributed by atoms with Crippen LogP contribution in [-0.2, 0) is 6.42 Å². The SMILES string of the molecule is Cc1cc(CC#N)ccc1-c1cccc(F)c1. The number of nitrogens with zero attached hydrogens (tertiary/aromatic N) is 1. The summed E-state index contributed by atoms with van der Waals surface area (Å²) in [5.74, 6) is -0.233. The number of rotatable bonds is 2. The average Bonchev–Trinajstić information content (AvgIpc) is 2.29. The lowest BCUT2D eigenvalue weighted by atomic mass is 9.98. The largest absolute Gasteiger partial charge is 0.207 e. The van der Waals surface area contributed by atoms with Crippen LogP contribution in [0.1, 0.15) is 11.1 Å². The Morgan fingerprint density at radius 2 is 2.00 bits per heavy atom. The number of hydrogen-bond acceptors (Lipinski definition) is 1. The molecule has 0 saturated carbocycles. The van der Waals surface area contributed by atoms with E-state index < -0.39 is 0 Å². The smallest absolute Gasteiger partial charge is 0.123 e. The van der Waals surface area contributed by atoms with Crippen LogP contribution < -0.4 is 0 Å². The van der Waals surface area contributed by atoms with E-state index in [9.17, 15) is 4.39 Å². The Morgan fingerprint density at radius 3 is 2.65 bits per heavy atom. The molecule has 17 heavy (non-hydrogen) atoms. The molecule has 1 nitrogen and oxygen atoms in total. The molecule has 2 aromatic carbocycles. The number of benzene rings is 2. The summed E-state index contributed by atoms with van der Waals surface area (Å²) in [6, 6.07) is 14.5. The van der Waals surface area contributed by atoms with Crippen molar-refractivity contribution >= 4 is 0 Å². The van der Waals surface area contributed by atoms with Gasteiger partial charge >= 0.3 is 0 Å². The van der Waals surface area contributed by atoms with E-state index in [4.69, 9.17) is 5.26 Å². The molecule has 0 atom stereocenters. The first kappa shape index (κ1) is 11.3. The Labute approximate surface area is 100 Å². The molecule has 0 aliphatic heterocycles. The van der Waals surface area contributed by atoms with Crippen molar-refractivity contribution in [3.05, 3.63) is 59.4 Å². The lowest BCUT2D eigenvalue weighted by Gasteiger charge is -2.07. The maximum Gasteiger partial charge on any atom is 0.123 e. The lowest BCUT2D eigenvalue weighted by Crippen LogP contribution is -1.88. The normalized spacial score (nSPS) is 9.94. The molecule has 0 saturated heterocycles. The van der Waals surface area contributed by atoms with Crippen molar-refractivity contribution in [2.45, 2.75) is 13.3 Å². The highest BCUT2D eigenvalue weighted by Crippen LogP contribution is 2.24. The number of nitriles is 1. The zero-order valence-electron chi connectivity index (χ0n) is 9.57. The van der Waals surface area contributed by atoms with E-state index in [1.807, 2.05) is 31.2 Å². The maximum atomic E-state index is 13.1. The Morgan fingerprint density at radius 1 is 1.18 bits per heavy atom. The lowest BCUT2D eigenvalue weighted by molar-refractivity contribution is 0.628. The second-order valence-electron chi connectivity index (χ2n) is 3.99. The molecule has 2 rings (SSSR count). The van der Waals surface area contributed by atoms with Gasteiger partial charge in [-0.15, -0.1) is 0 Å². The molecule has 0 fully saturated rings. The summed E-state index contributed by atoms with van der Waals surface area (Å²) in [4.78, 5) is 0. The quantitative estimate of drug-likeness (QED) is 0.761. The van der Waals surface area contributed by atoms with E-state index in [0.717, 1.165) is 22.3 Å². The second-order valence-corrected chi connectivity index (χ2v) is 3.99. The Bertz CT molecular complexity index is 582. The first-order valence-electron chi connectivity index (χ1n) is 5.43. The predicted octanol–water partition coefficient (Wildman–Crippen LogP) is 3.87. The van der Waals surface area contributed by atoms with Gasteiger partial charge in [0.15, 0.2) is 0 Å². The minimum Gasteiger partial charge on any atom is -0.207 e. The van der Waals surface area contributed by atoms with Crippen molar-refractivity contribution in [1.82, 2.24) is 0 Å². The minimum absolute atomic E-state index is 0.233. The van der Waals surface area contributed by atoms with Gasteiger partial charge < -0.3 is 0 Å². The summed E-state index contributed by atoms with van der Waals surface area (Å²) >= 11 is 0. The van der Waals surface area contributed by atoms with Gasteiger partial charge in [0.05, 0.1) is 12.5 Å². The minimum atomic E-state index is -0.233. The molecule has 0 radical (unpaired) electrons. The van der Waals surface area contributed by atoms with Gasteiger partial charge in [-0.2, -0.15) is 5.26 Å². The highest BCUT2D eigenvalue weighted by Gasteiger charge is 2.03. The van der Waals surface area contributed by atoms with Crippen LogP contribution in [0, 0.1) is 24.1 Å². The van der Waals surface area contributed by atoms with E-state index >= 15 is 0 Å². The first-order valence-corrected chi connectivity index (χ1v) is 5.43. The molecular weight excluding hydrogens is 213 g/mol. The summed E-state index contributed by atoms with van der Waals surface area (Å²) < 4.78 is 13.1. The second kappa shape index (κ2) is 4.80. The maximum absolute atomic E-state index is 13.1. The van der Waals surface area contributed by atoms with Gasteiger partial charge in [0, 0.05) is 0 Å². The Kier molecular flexibility index (Phi) is 3.20. The number of hydrogen-bond donors (Lipinski definition) is 0. The fourth-order valence-electron chi connectivity index (χ4n) is 1.91. The number of halogens is 1. The van der Waals surface area contributed by atoms with Gasteiger partial charge in [-0.3, -0.25) is 0 Å². The molecule has 84 valence electrons. The van der Waals surface area contributed by atoms with Crippen LogP contribution >= 0.6 is 0 Å². The molecule has 0 heterocycles. The van der Waals surface area contributed by atoms with E-state index in [1.54, 1.807) is 6.07 Å². The van der Waals surface area contributed by atoms with E-state index in [2.05, 4.69) is 6.07 Å². The van der Waals surface area contributed by atoms with Crippen molar-refractivity contribution in [2.24, 2.45) is 0 Å². The van der Waals surface area contributed by atoms with Crippen molar-refractivity contribution in [2.75, 3.05) is 0 Å². The van der Waals surface area contributed by atoms with Crippen molar-refractivity contribution in [1.29, 1.82) is 5.26 Å². The summed E-state index contributed by atoms with van der Waals surface area (Å²) in [6.07, 6.45) is 0.407. The van der Waals surface area contributed by atoms with Crippen LogP contribution in [-0.4, -0.2) is 0 Å². The van der Waals surface area contributed by atoms with Gasteiger partial charge in [0.25, 0.3) is 0 Å². The zero-order valence-corrected chi connectivity index (χ0v) is 9.57. The average molecular weight is 225 g/mol. The molecule has 0 aliphatic carbocycles. The van der Waals surface area contributed by atoms with Crippen molar-refractivity contribution in [3.63, 3.8) is 0 Å². The third-order valence-corrected chi connectivity index (χ3v) is 2.71. The van der Waals surface area contributed by atoms with Crippen LogP contribution in [0.5, 0.6) is 0 Å². The zero-order chi connectivity index (χ0) is 12.3. The summed E-state index contributed by atoms with van der Waals surface area (Å²) in [5, 5.41) is 8.63. The third kappa shape index (κ3) is 2.51. The summed E-state index contributed by atoms with van der Waals surface area (Å²) in [6.45, 7) is 1.97. The van der Waals surface area contributed by atoms with Crippen LogP contribution in [0.3, 0.4) is 0 Å². The highest BCUT2D eigenvalue weighted by atomic mass is 19.1. The molecule has 0 N–H and O–H groups in total. The van der Waals surface area contributed by atoms with E-state index in [0.29, 0.717) is 6.42 Å². The van der Waals surface area contributed by atoms with Crippen molar-refractivity contribution < 1.29 is 4.39 Å². The van der Waals surface area contributed by atoms with Crippen LogP contribution in [0.15, 0.2) is 42.5 Å². The van der Waals surface area contributed by atoms with E-state index in [1.165, 1.54) is 12.1 Å². The molecule has 0 amide bonds. The topological polar surface area (TPSA) is 23.8 Å². The van der Waals surface area contributed by atoms with Crippen molar-refractivity contribution in [3.8, 4) is 17.2 Å². The fourth-order valence-corrected chi connectivity index (χ4v) is 1.91. The Balaban J connectivity index is 2.44. The van der Waals surface area contributed by atoms with E-state index in [-0.39, 0.29) is 5.82 Å². The van der Waals surface area contributed by atoms with Crippen LogP contribution in [0.2, 0.25) is 0 Å². The third-order valence-electron chi connectivity index (χ3n) is 2.71. The molecule has 0 spiro atoms. The van der Waals surface area contributed by atoms with Gasteiger partial charge in [0.1, 0.15) is 5.82 Å². The highest BCUT2D eigenvalue weighted by molar-refractivity contribution is 5.67. The molecule has 0 aromatic heterocycles. The fraction of sp³-hybridized carbons (Fsp3) is 0.133. The summed E-state index contributed by atoms with van der Waals surface area (Å²) in [7, 11) is 0. The number of aryl methyl sites for hydroxylation is 1. The first-order chi connectivity index (χ1) is 8.20. The van der Waals surface area contributed by atoms with Crippen LogP contribution in [0.25, 0.3) is 11.1 Å². The monoisotopic (exact) mass is 225 g/mol. The van der Waals surface area contributed by atoms with Gasteiger partial charge in [-0.25, -0.2) is 4.39 Å². The molecular formula is C15H12FN. The molecule has 0 aliphatic rings. The molecule has 0 bridgehead atoms.